The van der Waals surface area contributed by atoms with Gasteiger partial charge in [0.15, 0.2) is 5.82 Å². The number of aryl methyl sites for hydroxylation is 1. The van der Waals surface area contributed by atoms with Gasteiger partial charge in [0, 0.05) is 33.9 Å². The smallest absolute Gasteiger partial charge is 0.319 e. The van der Waals surface area contributed by atoms with Gasteiger partial charge in [-0.05, 0) is 24.6 Å². The number of benzene rings is 1. The van der Waals surface area contributed by atoms with E-state index in [0.29, 0.717) is 17.7 Å². The SMILES string of the molecule is Cc1cccc(NC(=O)NCc2nc(N(C)C)nc(N(C)C)n2)c1. The molecule has 0 aliphatic rings. The number of urea groups is 1. The van der Waals surface area contributed by atoms with Crippen molar-refractivity contribution >= 4 is 23.6 Å². The van der Waals surface area contributed by atoms with Crippen molar-refractivity contribution in [3.63, 3.8) is 0 Å². The van der Waals surface area contributed by atoms with Gasteiger partial charge in [-0.15, -0.1) is 0 Å². The summed E-state index contributed by atoms with van der Waals surface area (Å²) in [6.07, 6.45) is 0. The number of hydrogen-bond donors (Lipinski definition) is 2. The first-order valence-corrected chi connectivity index (χ1v) is 7.56. The second-order valence-corrected chi connectivity index (χ2v) is 5.82. The first-order chi connectivity index (χ1) is 11.3. The van der Waals surface area contributed by atoms with E-state index in [2.05, 4.69) is 25.6 Å². The number of nitrogens with zero attached hydrogens (tertiary/aromatic N) is 5. The van der Waals surface area contributed by atoms with Crippen LogP contribution in [0.4, 0.5) is 22.4 Å². The minimum Gasteiger partial charge on any atom is -0.347 e. The summed E-state index contributed by atoms with van der Waals surface area (Å²) in [7, 11) is 7.43. The van der Waals surface area contributed by atoms with Crippen molar-refractivity contribution < 1.29 is 4.79 Å². The number of rotatable bonds is 5. The summed E-state index contributed by atoms with van der Waals surface area (Å²) in [5.41, 5.74) is 1.82. The molecule has 0 bridgehead atoms. The third-order valence-corrected chi connectivity index (χ3v) is 3.14. The van der Waals surface area contributed by atoms with Crippen molar-refractivity contribution in [2.24, 2.45) is 0 Å². The molecule has 0 saturated carbocycles. The molecule has 0 spiro atoms. The fraction of sp³-hybridized carbons (Fsp3) is 0.375. The molecule has 0 atom stereocenters. The van der Waals surface area contributed by atoms with E-state index >= 15 is 0 Å². The quantitative estimate of drug-likeness (QED) is 0.867. The molecule has 24 heavy (non-hydrogen) atoms. The number of amides is 2. The Hall–Kier alpha value is -2.90. The van der Waals surface area contributed by atoms with E-state index in [1.54, 1.807) is 9.80 Å². The van der Waals surface area contributed by atoms with Crippen LogP contribution >= 0.6 is 0 Å². The van der Waals surface area contributed by atoms with Crippen molar-refractivity contribution in [1.82, 2.24) is 20.3 Å². The topological polar surface area (TPSA) is 86.3 Å². The average molecular weight is 329 g/mol. The molecule has 1 heterocycles. The molecule has 128 valence electrons. The van der Waals surface area contributed by atoms with Crippen LogP contribution in [0, 0.1) is 6.92 Å². The Bertz CT molecular complexity index is 689. The monoisotopic (exact) mass is 329 g/mol. The summed E-state index contributed by atoms with van der Waals surface area (Å²) < 4.78 is 0. The van der Waals surface area contributed by atoms with Gasteiger partial charge >= 0.3 is 6.03 Å². The van der Waals surface area contributed by atoms with Crippen LogP contribution in [0.15, 0.2) is 24.3 Å². The lowest BCUT2D eigenvalue weighted by Crippen LogP contribution is -2.30. The van der Waals surface area contributed by atoms with Gasteiger partial charge in [-0.2, -0.15) is 15.0 Å². The van der Waals surface area contributed by atoms with Crippen LogP contribution in [-0.2, 0) is 6.54 Å². The van der Waals surface area contributed by atoms with E-state index in [9.17, 15) is 4.79 Å². The predicted molar refractivity (Wildman–Crippen MR) is 95.5 cm³/mol. The van der Waals surface area contributed by atoms with Crippen molar-refractivity contribution in [2.75, 3.05) is 43.3 Å². The number of aromatic nitrogens is 3. The minimum atomic E-state index is -0.307. The van der Waals surface area contributed by atoms with Gasteiger partial charge in [-0.25, -0.2) is 4.79 Å². The maximum Gasteiger partial charge on any atom is 0.319 e. The average Bonchev–Trinajstić information content (AvgIpc) is 2.52. The fourth-order valence-electron chi connectivity index (χ4n) is 1.93. The lowest BCUT2D eigenvalue weighted by Gasteiger charge is -2.16. The zero-order chi connectivity index (χ0) is 17.7. The van der Waals surface area contributed by atoms with Gasteiger partial charge in [0.05, 0.1) is 6.54 Å². The second-order valence-electron chi connectivity index (χ2n) is 5.82. The molecule has 1 aromatic heterocycles. The molecule has 2 N–H and O–H groups in total. The lowest BCUT2D eigenvalue weighted by molar-refractivity contribution is 0.251. The number of hydrogen-bond acceptors (Lipinski definition) is 6. The highest BCUT2D eigenvalue weighted by molar-refractivity contribution is 5.89. The van der Waals surface area contributed by atoms with E-state index in [1.807, 2.05) is 59.4 Å². The van der Waals surface area contributed by atoms with E-state index in [1.165, 1.54) is 0 Å². The lowest BCUT2D eigenvalue weighted by atomic mass is 10.2. The Morgan fingerprint density at radius 2 is 1.67 bits per heavy atom. The molecule has 0 unspecified atom stereocenters. The predicted octanol–water partition coefficient (Wildman–Crippen LogP) is 1.63. The normalized spacial score (nSPS) is 10.2. The summed E-state index contributed by atoms with van der Waals surface area (Å²) in [6.45, 7) is 2.18. The van der Waals surface area contributed by atoms with Crippen LogP contribution in [0.2, 0.25) is 0 Å². The third-order valence-electron chi connectivity index (χ3n) is 3.14. The van der Waals surface area contributed by atoms with Crippen LogP contribution in [0.3, 0.4) is 0 Å². The van der Waals surface area contributed by atoms with Gasteiger partial charge in [-0.1, -0.05) is 12.1 Å². The summed E-state index contributed by atoms with van der Waals surface area (Å²) in [5.74, 6) is 1.59. The minimum absolute atomic E-state index is 0.210. The Morgan fingerprint density at radius 1 is 1.04 bits per heavy atom. The van der Waals surface area contributed by atoms with Gasteiger partial charge in [0.1, 0.15) is 0 Å². The van der Waals surface area contributed by atoms with Gasteiger partial charge in [-0.3, -0.25) is 0 Å². The first-order valence-electron chi connectivity index (χ1n) is 7.56. The van der Waals surface area contributed by atoms with Crippen LogP contribution in [0.25, 0.3) is 0 Å². The highest BCUT2D eigenvalue weighted by atomic mass is 16.2. The summed E-state index contributed by atoms with van der Waals surface area (Å²) in [5, 5.41) is 5.55. The van der Waals surface area contributed by atoms with Crippen LogP contribution in [-0.4, -0.2) is 49.2 Å². The van der Waals surface area contributed by atoms with E-state index in [0.717, 1.165) is 11.3 Å². The molecule has 8 heteroatoms. The Labute approximate surface area is 141 Å². The summed E-state index contributed by atoms with van der Waals surface area (Å²) >= 11 is 0. The molecule has 2 aromatic rings. The molecular weight excluding hydrogens is 306 g/mol. The van der Waals surface area contributed by atoms with Crippen LogP contribution in [0.1, 0.15) is 11.4 Å². The van der Waals surface area contributed by atoms with Gasteiger partial charge in [0.25, 0.3) is 0 Å². The number of nitrogens with one attached hydrogen (secondary N) is 2. The van der Waals surface area contributed by atoms with Crippen molar-refractivity contribution in [2.45, 2.75) is 13.5 Å². The molecule has 0 aliphatic heterocycles. The van der Waals surface area contributed by atoms with Crippen molar-refractivity contribution in [1.29, 1.82) is 0 Å². The third kappa shape index (κ3) is 4.80. The van der Waals surface area contributed by atoms with Gasteiger partial charge in [0.2, 0.25) is 11.9 Å². The van der Waals surface area contributed by atoms with Crippen LogP contribution < -0.4 is 20.4 Å². The number of anilines is 3. The second kappa shape index (κ2) is 7.58. The van der Waals surface area contributed by atoms with E-state index < -0.39 is 0 Å². The maximum absolute atomic E-state index is 12.0. The van der Waals surface area contributed by atoms with Crippen molar-refractivity contribution in [3.8, 4) is 0 Å². The zero-order valence-electron chi connectivity index (χ0n) is 14.7. The number of carbonyl (C=O) groups is 1. The standard InChI is InChI=1S/C16H23N7O/c1-11-7-6-8-12(9-11)18-16(24)17-10-13-19-14(22(2)3)21-15(20-13)23(4)5/h6-9H,10H2,1-5H3,(H2,17,18,24). The molecular formula is C16H23N7O. The largest absolute Gasteiger partial charge is 0.347 e. The fourth-order valence-corrected chi connectivity index (χ4v) is 1.93. The molecule has 2 amide bonds. The summed E-state index contributed by atoms with van der Waals surface area (Å²) in [4.78, 5) is 28.6. The van der Waals surface area contributed by atoms with Crippen LogP contribution in [0.5, 0.6) is 0 Å². The molecule has 8 nitrogen and oxygen atoms in total. The van der Waals surface area contributed by atoms with E-state index in [4.69, 9.17) is 0 Å². The Balaban J connectivity index is 2.04. The highest BCUT2D eigenvalue weighted by Gasteiger charge is 2.10. The first kappa shape index (κ1) is 17.5. The Morgan fingerprint density at radius 3 is 2.21 bits per heavy atom. The van der Waals surface area contributed by atoms with E-state index in [-0.39, 0.29) is 12.6 Å². The molecule has 0 aliphatic carbocycles. The highest BCUT2D eigenvalue weighted by Crippen LogP contribution is 2.11. The Kier molecular flexibility index (Phi) is 5.51. The molecule has 0 radical (unpaired) electrons. The molecule has 0 fully saturated rings. The van der Waals surface area contributed by atoms with Gasteiger partial charge < -0.3 is 20.4 Å². The maximum atomic E-state index is 12.0. The number of carbonyl (C=O) groups excluding carboxylic acids is 1. The molecule has 1 aromatic carbocycles. The van der Waals surface area contributed by atoms with Crippen molar-refractivity contribution in [3.05, 3.63) is 35.7 Å². The molecule has 2 rings (SSSR count). The molecule has 0 saturated heterocycles. The summed E-state index contributed by atoms with van der Waals surface area (Å²) in [6, 6.07) is 7.29. The zero-order valence-corrected chi connectivity index (χ0v) is 14.7.